The maximum atomic E-state index is 11.6. The van der Waals surface area contributed by atoms with Gasteiger partial charge in [0.25, 0.3) is 5.56 Å². The molecule has 1 aliphatic rings. The molecule has 0 aliphatic carbocycles. The van der Waals surface area contributed by atoms with Gasteiger partial charge in [0.05, 0.1) is 0 Å². The van der Waals surface area contributed by atoms with Gasteiger partial charge in [-0.3, -0.25) is 4.79 Å². The summed E-state index contributed by atoms with van der Waals surface area (Å²) in [5.74, 6) is 1.18. The fraction of sp³-hybridized carbons (Fsp3) is 0.667. The molecule has 0 unspecified atom stereocenters. The van der Waals surface area contributed by atoms with E-state index in [2.05, 4.69) is 21.9 Å². The van der Waals surface area contributed by atoms with E-state index in [1.165, 1.54) is 12.8 Å². The number of nitrogens with one attached hydrogen (secondary N) is 1. The second kappa shape index (κ2) is 5.31. The molecule has 5 nitrogen and oxygen atoms in total. The van der Waals surface area contributed by atoms with Gasteiger partial charge in [-0.15, -0.1) is 0 Å². The first kappa shape index (κ1) is 12.1. The van der Waals surface area contributed by atoms with Gasteiger partial charge in [0.1, 0.15) is 0 Å². The van der Waals surface area contributed by atoms with Gasteiger partial charge in [0.2, 0.25) is 0 Å². The van der Waals surface area contributed by atoms with Crippen LogP contribution in [0.4, 0.5) is 5.82 Å². The van der Waals surface area contributed by atoms with E-state index in [9.17, 15) is 4.79 Å². The van der Waals surface area contributed by atoms with Gasteiger partial charge in [0, 0.05) is 26.0 Å². The second-order valence-corrected chi connectivity index (χ2v) is 4.87. The van der Waals surface area contributed by atoms with E-state index in [4.69, 9.17) is 0 Å². The maximum Gasteiger partial charge on any atom is 0.290 e. The van der Waals surface area contributed by atoms with E-state index >= 15 is 0 Å². The van der Waals surface area contributed by atoms with Gasteiger partial charge in [0.15, 0.2) is 5.82 Å². The summed E-state index contributed by atoms with van der Waals surface area (Å²) >= 11 is 0. The van der Waals surface area contributed by atoms with Crippen molar-refractivity contribution in [2.75, 3.05) is 38.6 Å². The van der Waals surface area contributed by atoms with Gasteiger partial charge >= 0.3 is 0 Å². The van der Waals surface area contributed by atoms with Gasteiger partial charge in [-0.05, 0) is 38.9 Å². The molecule has 2 heterocycles. The number of anilines is 1. The first-order valence-corrected chi connectivity index (χ1v) is 6.10. The van der Waals surface area contributed by atoms with Crippen LogP contribution in [0.25, 0.3) is 0 Å². The molecule has 1 fully saturated rings. The molecule has 0 spiro atoms. The van der Waals surface area contributed by atoms with Crippen molar-refractivity contribution in [3.63, 3.8) is 0 Å². The largest absolute Gasteiger partial charge is 0.355 e. The van der Waals surface area contributed by atoms with Gasteiger partial charge in [-0.2, -0.15) is 0 Å². The molecule has 94 valence electrons. The molecule has 0 radical (unpaired) electrons. The molecule has 0 atom stereocenters. The lowest BCUT2D eigenvalue weighted by Crippen LogP contribution is -2.37. The minimum Gasteiger partial charge on any atom is -0.355 e. The van der Waals surface area contributed by atoms with Crippen LogP contribution in [0, 0.1) is 5.92 Å². The standard InChI is InChI=1S/C12H20N4O/c1-15-7-3-10(4-8-15)9-16(2)11-12(17)14-6-5-13-11/h5-6,10H,3-4,7-9H2,1-2H3,(H,14,17). The summed E-state index contributed by atoms with van der Waals surface area (Å²) in [6, 6.07) is 0. The Kier molecular flexibility index (Phi) is 3.78. The Morgan fingerprint density at radius 1 is 1.53 bits per heavy atom. The molecule has 1 saturated heterocycles. The van der Waals surface area contributed by atoms with Crippen LogP contribution in [-0.4, -0.2) is 48.6 Å². The SMILES string of the molecule is CN1CCC(CN(C)c2ncc[nH]c2=O)CC1. The molecule has 1 aromatic rings. The predicted octanol–water partition coefficient (Wildman–Crippen LogP) is 0.548. The minimum atomic E-state index is -0.108. The first-order chi connectivity index (χ1) is 8.16. The zero-order valence-electron chi connectivity index (χ0n) is 10.5. The van der Waals surface area contributed by atoms with Crippen molar-refractivity contribution < 1.29 is 0 Å². The normalized spacial score (nSPS) is 18.2. The molecule has 2 rings (SSSR count). The predicted molar refractivity (Wildman–Crippen MR) is 68.3 cm³/mol. The Labute approximate surface area is 101 Å². The Morgan fingerprint density at radius 3 is 2.88 bits per heavy atom. The van der Waals surface area contributed by atoms with Gasteiger partial charge in [-0.25, -0.2) is 4.98 Å². The smallest absolute Gasteiger partial charge is 0.290 e. The summed E-state index contributed by atoms with van der Waals surface area (Å²) in [7, 11) is 4.10. The lowest BCUT2D eigenvalue weighted by atomic mass is 9.97. The maximum absolute atomic E-state index is 11.6. The highest BCUT2D eigenvalue weighted by molar-refractivity contribution is 5.33. The lowest BCUT2D eigenvalue weighted by Gasteiger charge is -2.31. The molecule has 1 N–H and O–H groups in total. The summed E-state index contributed by atoms with van der Waals surface area (Å²) in [5.41, 5.74) is -0.108. The molecule has 0 saturated carbocycles. The monoisotopic (exact) mass is 236 g/mol. The number of piperidine rings is 1. The van der Waals surface area contributed by atoms with Crippen molar-refractivity contribution >= 4 is 5.82 Å². The number of nitrogens with zero attached hydrogens (tertiary/aromatic N) is 3. The topological polar surface area (TPSA) is 52.2 Å². The molecule has 0 aromatic carbocycles. The van der Waals surface area contributed by atoms with Gasteiger partial charge in [-0.1, -0.05) is 0 Å². The number of aromatic amines is 1. The third-order valence-corrected chi connectivity index (χ3v) is 3.42. The van der Waals surface area contributed by atoms with Crippen molar-refractivity contribution in [1.82, 2.24) is 14.9 Å². The Morgan fingerprint density at radius 2 is 2.24 bits per heavy atom. The summed E-state index contributed by atoms with van der Waals surface area (Å²) in [6.45, 7) is 3.21. The van der Waals surface area contributed by atoms with Crippen LogP contribution in [-0.2, 0) is 0 Å². The van der Waals surface area contributed by atoms with Crippen LogP contribution in [0.15, 0.2) is 17.2 Å². The number of likely N-dealkylation sites (tertiary alicyclic amines) is 1. The highest BCUT2D eigenvalue weighted by atomic mass is 16.1. The van der Waals surface area contributed by atoms with Crippen LogP contribution in [0.5, 0.6) is 0 Å². The van der Waals surface area contributed by atoms with E-state index in [1.54, 1.807) is 12.4 Å². The van der Waals surface area contributed by atoms with Crippen LogP contribution < -0.4 is 10.5 Å². The van der Waals surface area contributed by atoms with E-state index in [0.717, 1.165) is 19.6 Å². The van der Waals surface area contributed by atoms with Crippen molar-refractivity contribution in [1.29, 1.82) is 0 Å². The zero-order valence-corrected chi connectivity index (χ0v) is 10.5. The Balaban J connectivity index is 1.95. The summed E-state index contributed by atoms with van der Waals surface area (Å²) in [6.07, 6.45) is 5.59. The van der Waals surface area contributed by atoms with Crippen molar-refractivity contribution in [3.8, 4) is 0 Å². The minimum absolute atomic E-state index is 0.108. The number of H-pyrrole nitrogens is 1. The van der Waals surface area contributed by atoms with E-state index in [-0.39, 0.29) is 5.56 Å². The highest BCUT2D eigenvalue weighted by Crippen LogP contribution is 2.17. The molecule has 0 bridgehead atoms. The average molecular weight is 236 g/mol. The fourth-order valence-electron chi connectivity index (χ4n) is 2.33. The Hall–Kier alpha value is -1.36. The fourth-order valence-corrected chi connectivity index (χ4v) is 2.33. The second-order valence-electron chi connectivity index (χ2n) is 4.87. The summed E-state index contributed by atoms with van der Waals surface area (Å²) < 4.78 is 0. The summed E-state index contributed by atoms with van der Waals surface area (Å²) in [5, 5.41) is 0. The van der Waals surface area contributed by atoms with Crippen molar-refractivity contribution in [3.05, 3.63) is 22.7 Å². The van der Waals surface area contributed by atoms with Crippen molar-refractivity contribution in [2.45, 2.75) is 12.8 Å². The number of rotatable bonds is 3. The van der Waals surface area contributed by atoms with Crippen LogP contribution >= 0.6 is 0 Å². The van der Waals surface area contributed by atoms with E-state index < -0.39 is 0 Å². The molecule has 0 amide bonds. The van der Waals surface area contributed by atoms with Crippen LogP contribution in [0.1, 0.15) is 12.8 Å². The third-order valence-electron chi connectivity index (χ3n) is 3.42. The first-order valence-electron chi connectivity index (χ1n) is 6.10. The number of aromatic nitrogens is 2. The summed E-state index contributed by atoms with van der Waals surface area (Å²) in [4.78, 5) is 22.7. The van der Waals surface area contributed by atoms with E-state index in [0.29, 0.717) is 11.7 Å². The number of hydrogen-bond acceptors (Lipinski definition) is 4. The lowest BCUT2D eigenvalue weighted by molar-refractivity contribution is 0.222. The zero-order chi connectivity index (χ0) is 12.3. The van der Waals surface area contributed by atoms with E-state index in [1.807, 2.05) is 11.9 Å². The Bertz CT molecular complexity index is 409. The molecular formula is C12H20N4O. The average Bonchev–Trinajstić information content (AvgIpc) is 2.32. The van der Waals surface area contributed by atoms with Gasteiger partial charge < -0.3 is 14.8 Å². The van der Waals surface area contributed by atoms with Crippen LogP contribution in [0.2, 0.25) is 0 Å². The van der Waals surface area contributed by atoms with Crippen molar-refractivity contribution in [2.24, 2.45) is 5.92 Å². The quantitative estimate of drug-likeness (QED) is 0.832. The molecule has 17 heavy (non-hydrogen) atoms. The molecule has 1 aromatic heterocycles. The molecule has 1 aliphatic heterocycles. The highest BCUT2D eigenvalue weighted by Gasteiger charge is 2.19. The molecule has 5 heteroatoms. The van der Waals surface area contributed by atoms with Crippen LogP contribution in [0.3, 0.4) is 0 Å². The third kappa shape index (κ3) is 3.06. The number of hydrogen-bond donors (Lipinski definition) is 1. The molecular weight excluding hydrogens is 216 g/mol.